The molecule has 0 saturated heterocycles. The quantitative estimate of drug-likeness (QED) is 0.761. The molecule has 0 aliphatic heterocycles. The number of amides is 1. The molecule has 1 amide bonds. The van der Waals surface area contributed by atoms with E-state index in [2.05, 4.69) is 4.98 Å². The van der Waals surface area contributed by atoms with E-state index in [9.17, 15) is 9.90 Å². The maximum Gasteiger partial charge on any atom is 0.231 e. The van der Waals surface area contributed by atoms with Gasteiger partial charge in [-0.2, -0.15) is 0 Å². The van der Waals surface area contributed by atoms with E-state index in [-0.39, 0.29) is 24.2 Å². The minimum absolute atomic E-state index is 0.137. The third-order valence-electron chi connectivity index (χ3n) is 2.31. The standard InChI is InChI=1S/C11H17N3O2/c1-8(2)14(7-11(12)16)6-9-10(15)4-3-5-13-9/h3-5,8,15H,6-7H2,1-2H3,(H2,12,16). The largest absolute Gasteiger partial charge is 0.506 e. The zero-order chi connectivity index (χ0) is 12.1. The summed E-state index contributed by atoms with van der Waals surface area (Å²) in [6.45, 7) is 4.49. The van der Waals surface area contributed by atoms with Gasteiger partial charge >= 0.3 is 0 Å². The molecule has 0 saturated carbocycles. The third kappa shape index (κ3) is 3.51. The lowest BCUT2D eigenvalue weighted by Gasteiger charge is -2.24. The Morgan fingerprint density at radius 2 is 2.31 bits per heavy atom. The number of pyridine rings is 1. The molecular formula is C11H17N3O2. The smallest absolute Gasteiger partial charge is 0.231 e. The lowest BCUT2D eigenvalue weighted by atomic mass is 10.2. The molecule has 1 rings (SSSR count). The number of hydrogen-bond acceptors (Lipinski definition) is 4. The topological polar surface area (TPSA) is 79.5 Å². The fourth-order valence-corrected chi connectivity index (χ4v) is 1.36. The van der Waals surface area contributed by atoms with E-state index >= 15 is 0 Å². The average molecular weight is 223 g/mol. The van der Waals surface area contributed by atoms with Crippen molar-refractivity contribution in [3.05, 3.63) is 24.0 Å². The molecule has 0 radical (unpaired) electrons. The summed E-state index contributed by atoms with van der Waals surface area (Å²) in [5.74, 6) is -0.248. The van der Waals surface area contributed by atoms with E-state index in [0.717, 1.165) is 0 Å². The number of nitrogens with zero attached hydrogens (tertiary/aromatic N) is 2. The summed E-state index contributed by atoms with van der Waals surface area (Å²) in [5.41, 5.74) is 5.71. The number of aromatic hydroxyl groups is 1. The molecule has 0 aliphatic rings. The Balaban J connectivity index is 2.76. The predicted molar refractivity (Wildman–Crippen MR) is 60.6 cm³/mol. The molecule has 1 heterocycles. The Hall–Kier alpha value is -1.62. The molecule has 0 unspecified atom stereocenters. The van der Waals surface area contributed by atoms with E-state index in [0.29, 0.717) is 12.2 Å². The van der Waals surface area contributed by atoms with Gasteiger partial charge in [0.05, 0.1) is 12.2 Å². The van der Waals surface area contributed by atoms with Gasteiger partial charge in [0.1, 0.15) is 5.75 Å². The van der Waals surface area contributed by atoms with Crippen LogP contribution in [0.3, 0.4) is 0 Å². The monoisotopic (exact) mass is 223 g/mol. The summed E-state index contributed by atoms with van der Waals surface area (Å²) >= 11 is 0. The minimum Gasteiger partial charge on any atom is -0.506 e. The molecule has 1 aromatic heterocycles. The molecule has 0 bridgehead atoms. The lowest BCUT2D eigenvalue weighted by Crippen LogP contribution is -2.38. The molecule has 0 aromatic carbocycles. The molecule has 0 aliphatic carbocycles. The van der Waals surface area contributed by atoms with E-state index in [1.807, 2.05) is 18.7 Å². The first-order valence-electron chi connectivity index (χ1n) is 5.16. The van der Waals surface area contributed by atoms with Crippen molar-refractivity contribution in [3.8, 4) is 5.75 Å². The van der Waals surface area contributed by atoms with Crippen LogP contribution < -0.4 is 5.73 Å². The molecule has 5 heteroatoms. The Morgan fingerprint density at radius 1 is 1.62 bits per heavy atom. The van der Waals surface area contributed by atoms with E-state index < -0.39 is 0 Å². The molecule has 5 nitrogen and oxygen atoms in total. The van der Waals surface area contributed by atoms with Crippen molar-refractivity contribution in [3.63, 3.8) is 0 Å². The van der Waals surface area contributed by atoms with Crippen LogP contribution >= 0.6 is 0 Å². The van der Waals surface area contributed by atoms with E-state index in [1.165, 1.54) is 0 Å². The third-order valence-corrected chi connectivity index (χ3v) is 2.31. The molecule has 0 atom stereocenters. The Bertz CT molecular complexity index is 366. The van der Waals surface area contributed by atoms with Crippen molar-refractivity contribution in [1.29, 1.82) is 0 Å². The number of carbonyl (C=O) groups excluding carboxylic acids is 1. The molecule has 16 heavy (non-hydrogen) atoms. The van der Waals surface area contributed by atoms with Gasteiger partial charge in [-0.15, -0.1) is 0 Å². The number of hydrogen-bond donors (Lipinski definition) is 2. The summed E-state index contributed by atoms with van der Waals surface area (Å²) in [7, 11) is 0. The highest BCUT2D eigenvalue weighted by Crippen LogP contribution is 2.15. The van der Waals surface area contributed by atoms with Crippen molar-refractivity contribution in [1.82, 2.24) is 9.88 Å². The second kappa shape index (κ2) is 5.46. The van der Waals surface area contributed by atoms with Gasteiger partial charge in [-0.3, -0.25) is 14.7 Å². The van der Waals surface area contributed by atoms with Gasteiger partial charge in [0.15, 0.2) is 0 Å². The van der Waals surface area contributed by atoms with Gasteiger partial charge in [0.2, 0.25) is 5.91 Å². The molecular weight excluding hydrogens is 206 g/mol. The highest BCUT2D eigenvalue weighted by molar-refractivity contribution is 5.75. The maximum absolute atomic E-state index is 10.9. The van der Waals surface area contributed by atoms with Gasteiger partial charge in [-0.25, -0.2) is 0 Å². The molecule has 0 spiro atoms. The van der Waals surface area contributed by atoms with Crippen LogP contribution in [-0.4, -0.2) is 33.5 Å². The zero-order valence-corrected chi connectivity index (χ0v) is 9.55. The van der Waals surface area contributed by atoms with Crippen LogP contribution in [0.2, 0.25) is 0 Å². The second-order valence-electron chi connectivity index (χ2n) is 3.93. The summed E-state index contributed by atoms with van der Waals surface area (Å²) < 4.78 is 0. The maximum atomic E-state index is 10.9. The van der Waals surface area contributed by atoms with Gasteiger partial charge in [0.25, 0.3) is 0 Å². The number of nitrogens with two attached hydrogens (primary N) is 1. The van der Waals surface area contributed by atoms with Gasteiger partial charge in [-0.05, 0) is 26.0 Å². The van der Waals surface area contributed by atoms with Crippen LogP contribution in [-0.2, 0) is 11.3 Å². The first-order valence-corrected chi connectivity index (χ1v) is 5.16. The lowest BCUT2D eigenvalue weighted by molar-refractivity contribution is -0.119. The van der Waals surface area contributed by atoms with Crippen LogP contribution in [0.15, 0.2) is 18.3 Å². The van der Waals surface area contributed by atoms with Crippen LogP contribution in [0.1, 0.15) is 19.5 Å². The number of primary amides is 1. The van der Waals surface area contributed by atoms with Crippen LogP contribution in [0.25, 0.3) is 0 Å². The van der Waals surface area contributed by atoms with Crippen LogP contribution in [0, 0.1) is 0 Å². The van der Waals surface area contributed by atoms with Crippen LogP contribution in [0.5, 0.6) is 5.75 Å². The summed E-state index contributed by atoms with van der Waals surface area (Å²) in [6, 6.07) is 3.39. The second-order valence-corrected chi connectivity index (χ2v) is 3.93. The van der Waals surface area contributed by atoms with Gasteiger partial charge in [-0.1, -0.05) is 0 Å². The fraction of sp³-hybridized carbons (Fsp3) is 0.455. The van der Waals surface area contributed by atoms with Gasteiger partial charge < -0.3 is 10.8 Å². The Labute approximate surface area is 94.9 Å². The number of rotatable bonds is 5. The molecule has 88 valence electrons. The predicted octanol–water partition coefficient (Wildman–Crippen LogP) is 0.483. The number of carbonyl (C=O) groups is 1. The molecule has 1 aromatic rings. The summed E-state index contributed by atoms with van der Waals surface area (Å²) in [4.78, 5) is 16.8. The number of aromatic nitrogens is 1. The highest BCUT2D eigenvalue weighted by atomic mass is 16.3. The SMILES string of the molecule is CC(C)N(CC(N)=O)Cc1ncccc1O. The van der Waals surface area contributed by atoms with Crippen molar-refractivity contribution >= 4 is 5.91 Å². The molecule has 3 N–H and O–H groups in total. The van der Waals surface area contributed by atoms with E-state index in [1.54, 1.807) is 18.3 Å². The summed E-state index contributed by atoms with van der Waals surface area (Å²) in [6.07, 6.45) is 1.61. The highest BCUT2D eigenvalue weighted by Gasteiger charge is 2.14. The zero-order valence-electron chi connectivity index (χ0n) is 9.55. The van der Waals surface area contributed by atoms with Crippen molar-refractivity contribution in [2.45, 2.75) is 26.4 Å². The minimum atomic E-state index is -0.385. The van der Waals surface area contributed by atoms with Crippen LogP contribution in [0.4, 0.5) is 0 Å². The van der Waals surface area contributed by atoms with E-state index in [4.69, 9.17) is 5.73 Å². The van der Waals surface area contributed by atoms with Crippen molar-refractivity contribution < 1.29 is 9.90 Å². The normalized spacial score (nSPS) is 11.0. The first kappa shape index (κ1) is 12.4. The summed E-state index contributed by atoms with van der Waals surface area (Å²) in [5, 5.41) is 9.57. The average Bonchev–Trinajstić information content (AvgIpc) is 2.19. The van der Waals surface area contributed by atoms with Crippen molar-refractivity contribution in [2.24, 2.45) is 5.73 Å². The first-order chi connectivity index (χ1) is 7.50. The van der Waals surface area contributed by atoms with Gasteiger partial charge in [0, 0.05) is 18.8 Å². The molecule has 0 fully saturated rings. The Kier molecular flexibility index (Phi) is 4.25. The Morgan fingerprint density at radius 3 is 2.81 bits per heavy atom. The fourth-order valence-electron chi connectivity index (χ4n) is 1.36. The van der Waals surface area contributed by atoms with Crippen molar-refractivity contribution in [2.75, 3.05) is 6.54 Å².